The van der Waals surface area contributed by atoms with Crippen molar-refractivity contribution in [3.8, 4) is 0 Å². The summed E-state index contributed by atoms with van der Waals surface area (Å²) in [5.74, 6) is -0.333. The minimum absolute atomic E-state index is 0.333. The first-order valence-corrected chi connectivity index (χ1v) is 2.16. The molecule has 3 N–H and O–H groups in total. The molecule has 1 heterocycles. The van der Waals surface area contributed by atoms with Gasteiger partial charge in [-0.05, 0) is 0 Å². The Bertz CT molecular complexity index is 126. The van der Waals surface area contributed by atoms with E-state index in [4.69, 9.17) is 0 Å². The van der Waals surface area contributed by atoms with Gasteiger partial charge in [0.25, 0.3) is 0 Å². The van der Waals surface area contributed by atoms with Crippen LogP contribution in [0.4, 0.5) is 0 Å². The minimum Gasteiger partial charge on any atom is -0.370 e. The summed E-state index contributed by atoms with van der Waals surface area (Å²) in [5, 5.41) is 12.2. The van der Waals surface area contributed by atoms with Crippen LogP contribution in [-0.2, 0) is 4.79 Å². The van der Waals surface area contributed by atoms with Crippen molar-refractivity contribution in [3.05, 3.63) is 6.33 Å². The molecule has 0 aliphatic carbocycles. The monoisotopic (exact) mass is 129 g/mol. The highest BCUT2D eigenvalue weighted by atomic mass is 16.1. The van der Waals surface area contributed by atoms with E-state index in [9.17, 15) is 4.79 Å². The number of rotatable bonds is 0. The van der Waals surface area contributed by atoms with Gasteiger partial charge >= 0.3 is 0 Å². The van der Waals surface area contributed by atoms with Gasteiger partial charge in [0.15, 0.2) is 6.33 Å². The Hall–Kier alpha value is -1.46. The summed E-state index contributed by atoms with van der Waals surface area (Å²) in [6, 6.07) is 0. The molecule has 0 atom stereocenters. The molecule has 0 saturated carbocycles. The van der Waals surface area contributed by atoms with Crippen molar-refractivity contribution < 1.29 is 4.79 Å². The first-order valence-electron chi connectivity index (χ1n) is 2.16. The highest BCUT2D eigenvalue weighted by Crippen LogP contribution is 1.43. The van der Waals surface area contributed by atoms with Gasteiger partial charge in [0.1, 0.15) is 0 Å². The molecule has 6 heteroatoms. The van der Waals surface area contributed by atoms with Crippen LogP contribution in [0.1, 0.15) is 6.92 Å². The van der Waals surface area contributed by atoms with E-state index < -0.39 is 0 Å². The molecular weight excluding hydrogens is 122 g/mol. The number of H-pyrrole nitrogens is 1. The van der Waals surface area contributed by atoms with Crippen molar-refractivity contribution in [3.63, 3.8) is 0 Å². The number of carbonyl (C=O) groups excluding carboxylic acids is 1. The van der Waals surface area contributed by atoms with Crippen LogP contribution in [0.25, 0.3) is 0 Å². The topological polar surface area (TPSA) is 97.5 Å². The zero-order valence-corrected chi connectivity index (χ0v) is 4.90. The molecule has 1 amide bonds. The molecule has 0 aromatic carbocycles. The highest BCUT2D eigenvalue weighted by Gasteiger charge is 1.61. The van der Waals surface area contributed by atoms with Crippen LogP contribution in [-0.4, -0.2) is 26.5 Å². The van der Waals surface area contributed by atoms with Crippen molar-refractivity contribution in [1.29, 1.82) is 0 Å². The molecular formula is C3H7N5O. The fourth-order valence-corrected chi connectivity index (χ4v) is 0.129. The lowest BCUT2D eigenvalue weighted by Gasteiger charge is -1.60. The van der Waals surface area contributed by atoms with Gasteiger partial charge in [-0.15, -0.1) is 10.2 Å². The molecule has 0 unspecified atom stereocenters. The molecule has 1 rings (SSSR count). The molecule has 9 heavy (non-hydrogen) atoms. The van der Waals surface area contributed by atoms with Gasteiger partial charge in [-0.25, -0.2) is 0 Å². The van der Waals surface area contributed by atoms with Gasteiger partial charge in [0.2, 0.25) is 5.91 Å². The van der Waals surface area contributed by atoms with Crippen molar-refractivity contribution in [1.82, 2.24) is 20.6 Å². The molecule has 1 aromatic heterocycles. The maximum absolute atomic E-state index is 9.22. The van der Waals surface area contributed by atoms with E-state index >= 15 is 0 Å². The fourth-order valence-electron chi connectivity index (χ4n) is 0.129. The van der Waals surface area contributed by atoms with Crippen LogP contribution < -0.4 is 5.73 Å². The first kappa shape index (κ1) is 7.54. The Morgan fingerprint density at radius 3 is 2.44 bits per heavy atom. The second-order valence-corrected chi connectivity index (χ2v) is 1.17. The normalized spacial score (nSPS) is 7.22. The number of hydrogen-bond donors (Lipinski definition) is 2. The number of aromatic amines is 1. The molecule has 0 aliphatic heterocycles. The number of carbonyl (C=O) groups is 1. The minimum atomic E-state index is -0.333. The predicted octanol–water partition coefficient (Wildman–Crippen LogP) is -1.31. The van der Waals surface area contributed by atoms with Crippen molar-refractivity contribution >= 4 is 5.91 Å². The largest absolute Gasteiger partial charge is 0.370 e. The molecule has 0 saturated heterocycles. The van der Waals surface area contributed by atoms with Crippen molar-refractivity contribution in [2.24, 2.45) is 5.73 Å². The van der Waals surface area contributed by atoms with E-state index in [0.717, 1.165) is 0 Å². The number of nitrogens with zero attached hydrogens (tertiary/aromatic N) is 3. The van der Waals surface area contributed by atoms with E-state index in [1.807, 2.05) is 0 Å². The summed E-state index contributed by atoms with van der Waals surface area (Å²) in [7, 11) is 0. The van der Waals surface area contributed by atoms with Crippen molar-refractivity contribution in [2.75, 3.05) is 0 Å². The standard InChI is InChI=1S/C2H5NO.CH2N4/c1-2(3)4;1-2-4-5-3-1/h1H3,(H2,3,4);1H,(H,2,3,4,5). The molecule has 0 spiro atoms. The number of hydrogen-bond acceptors (Lipinski definition) is 4. The SMILES string of the molecule is CC(N)=O.c1nn[nH]n1. The van der Waals surface area contributed by atoms with Gasteiger partial charge in [-0.3, -0.25) is 4.79 Å². The van der Waals surface area contributed by atoms with E-state index in [-0.39, 0.29) is 5.91 Å². The van der Waals surface area contributed by atoms with Crippen LogP contribution in [0.3, 0.4) is 0 Å². The quantitative estimate of drug-likeness (QED) is 0.454. The molecule has 0 bridgehead atoms. The van der Waals surface area contributed by atoms with E-state index in [1.165, 1.54) is 13.3 Å². The van der Waals surface area contributed by atoms with Crippen LogP contribution >= 0.6 is 0 Å². The molecule has 0 radical (unpaired) electrons. The lowest BCUT2D eigenvalue weighted by molar-refractivity contribution is -0.115. The number of aromatic nitrogens is 4. The predicted molar refractivity (Wildman–Crippen MR) is 29.0 cm³/mol. The zero-order chi connectivity index (χ0) is 7.11. The summed E-state index contributed by atoms with van der Waals surface area (Å²) in [5.41, 5.74) is 4.47. The third-order valence-corrected chi connectivity index (χ3v) is 0.270. The van der Waals surface area contributed by atoms with Crippen LogP contribution in [0, 0.1) is 0 Å². The number of tetrazole rings is 1. The maximum Gasteiger partial charge on any atom is 0.214 e. The molecule has 50 valence electrons. The first-order chi connectivity index (χ1) is 4.23. The number of primary amides is 1. The Morgan fingerprint density at radius 1 is 1.78 bits per heavy atom. The molecule has 0 fully saturated rings. The van der Waals surface area contributed by atoms with Gasteiger partial charge < -0.3 is 5.73 Å². The van der Waals surface area contributed by atoms with Crippen LogP contribution in [0.5, 0.6) is 0 Å². The van der Waals surface area contributed by atoms with Gasteiger partial charge in [0.05, 0.1) is 0 Å². The number of amides is 1. The summed E-state index contributed by atoms with van der Waals surface area (Å²) in [4.78, 5) is 9.22. The van der Waals surface area contributed by atoms with Crippen LogP contribution in [0.2, 0.25) is 0 Å². The second kappa shape index (κ2) is 4.69. The Kier molecular flexibility index (Phi) is 3.93. The fraction of sp³-hybridized carbons (Fsp3) is 0.333. The molecule has 1 aromatic rings. The van der Waals surface area contributed by atoms with Gasteiger partial charge in [-0.2, -0.15) is 5.21 Å². The lowest BCUT2D eigenvalue weighted by atomic mass is 10.8. The average molecular weight is 129 g/mol. The maximum atomic E-state index is 9.22. The third kappa shape index (κ3) is 10.8. The Balaban J connectivity index is 0.000000148. The third-order valence-electron chi connectivity index (χ3n) is 0.270. The van der Waals surface area contributed by atoms with Crippen LogP contribution in [0.15, 0.2) is 6.33 Å². The second-order valence-electron chi connectivity index (χ2n) is 1.17. The summed E-state index contributed by atoms with van der Waals surface area (Å²) < 4.78 is 0. The Morgan fingerprint density at radius 2 is 2.33 bits per heavy atom. The summed E-state index contributed by atoms with van der Waals surface area (Å²) >= 11 is 0. The van der Waals surface area contributed by atoms with Gasteiger partial charge in [0, 0.05) is 6.92 Å². The molecule has 6 nitrogen and oxygen atoms in total. The lowest BCUT2D eigenvalue weighted by Crippen LogP contribution is -2.01. The Labute approximate surface area is 51.4 Å². The number of nitrogens with one attached hydrogen (secondary N) is 1. The summed E-state index contributed by atoms with van der Waals surface area (Å²) in [6.45, 7) is 1.31. The zero-order valence-electron chi connectivity index (χ0n) is 4.90. The van der Waals surface area contributed by atoms with E-state index in [2.05, 4.69) is 26.4 Å². The number of nitrogens with two attached hydrogens (primary N) is 1. The van der Waals surface area contributed by atoms with Gasteiger partial charge in [-0.1, -0.05) is 5.21 Å². The molecule has 0 aliphatic rings. The summed E-state index contributed by atoms with van der Waals surface area (Å²) in [6.07, 6.45) is 1.33. The average Bonchev–Trinajstić information content (AvgIpc) is 2.11. The highest BCUT2D eigenvalue weighted by molar-refractivity contribution is 5.70. The smallest absolute Gasteiger partial charge is 0.214 e. The van der Waals surface area contributed by atoms with E-state index in [0.29, 0.717) is 0 Å². The van der Waals surface area contributed by atoms with E-state index in [1.54, 1.807) is 0 Å². The van der Waals surface area contributed by atoms with Crippen molar-refractivity contribution in [2.45, 2.75) is 6.92 Å².